The number of oxazole rings is 1. The summed E-state index contributed by atoms with van der Waals surface area (Å²) in [6.07, 6.45) is 3.09. The number of hydrogen-bond acceptors (Lipinski definition) is 8. The molecule has 0 spiro atoms. The number of sulfonamides is 1. The van der Waals surface area contributed by atoms with Gasteiger partial charge in [-0.1, -0.05) is 0 Å². The molecule has 0 bridgehead atoms. The average Bonchev–Trinajstić information content (AvgIpc) is 3.27. The van der Waals surface area contributed by atoms with E-state index < -0.39 is 15.8 Å². The van der Waals surface area contributed by atoms with E-state index in [0.29, 0.717) is 24.1 Å². The third-order valence-corrected chi connectivity index (χ3v) is 6.10. The van der Waals surface area contributed by atoms with Crippen LogP contribution in [0.3, 0.4) is 0 Å². The molecule has 4 rings (SSSR count). The highest BCUT2D eigenvalue weighted by Crippen LogP contribution is 2.27. The lowest BCUT2D eigenvalue weighted by molar-refractivity contribution is 0.194. The number of nitrogens with one attached hydrogen (secondary N) is 1. The van der Waals surface area contributed by atoms with E-state index in [1.54, 1.807) is 0 Å². The van der Waals surface area contributed by atoms with E-state index in [4.69, 9.17) is 13.9 Å². The van der Waals surface area contributed by atoms with Gasteiger partial charge < -0.3 is 13.9 Å². The Morgan fingerprint density at radius 3 is 2.81 bits per heavy atom. The number of nitrogens with zero attached hydrogens (tertiary/aromatic N) is 3. The van der Waals surface area contributed by atoms with Crippen LogP contribution in [0.15, 0.2) is 44.7 Å². The quantitative estimate of drug-likeness (QED) is 0.674. The molecular weight excluding hydrogens is 376 g/mol. The summed E-state index contributed by atoms with van der Waals surface area (Å²) in [5, 5.41) is 0. The molecule has 3 aromatic rings. The Hall–Kier alpha value is -2.92. The minimum atomic E-state index is -3.74. The molecule has 0 amide bonds. The van der Waals surface area contributed by atoms with Crippen molar-refractivity contribution in [3.05, 3.63) is 41.1 Å². The molecule has 3 heterocycles. The molecule has 10 nitrogen and oxygen atoms in total. The number of hydrogen-bond donors (Lipinski definition) is 1. The summed E-state index contributed by atoms with van der Waals surface area (Å²) in [5.74, 6) is -0.165. The molecule has 11 heteroatoms. The van der Waals surface area contributed by atoms with Crippen molar-refractivity contribution in [2.45, 2.75) is 17.4 Å². The van der Waals surface area contributed by atoms with Gasteiger partial charge in [0.15, 0.2) is 5.58 Å². The maximum absolute atomic E-state index is 12.9. The van der Waals surface area contributed by atoms with Crippen molar-refractivity contribution < 1.29 is 22.3 Å². The summed E-state index contributed by atoms with van der Waals surface area (Å²) >= 11 is 0. The Morgan fingerprint density at radius 1 is 1.26 bits per heavy atom. The normalized spacial score (nSPS) is 18.0. The molecule has 1 N–H and O–H groups in total. The van der Waals surface area contributed by atoms with Crippen molar-refractivity contribution in [3.8, 4) is 11.8 Å². The van der Waals surface area contributed by atoms with Crippen LogP contribution in [0.5, 0.6) is 11.8 Å². The third kappa shape index (κ3) is 3.26. The number of ether oxygens (including phenoxy) is 2. The first-order valence-corrected chi connectivity index (χ1v) is 9.56. The van der Waals surface area contributed by atoms with E-state index in [1.807, 2.05) is 0 Å². The zero-order valence-electron chi connectivity index (χ0n) is 14.3. The van der Waals surface area contributed by atoms with E-state index >= 15 is 0 Å². The lowest BCUT2D eigenvalue weighted by atomic mass is 10.3. The van der Waals surface area contributed by atoms with Gasteiger partial charge in [-0.3, -0.25) is 4.98 Å². The second-order valence-corrected chi connectivity index (χ2v) is 7.87. The maximum Gasteiger partial charge on any atom is 0.417 e. The first kappa shape index (κ1) is 17.5. The Morgan fingerprint density at radius 2 is 2.04 bits per heavy atom. The molecule has 0 unspecified atom stereocenters. The van der Waals surface area contributed by atoms with Crippen LogP contribution in [-0.2, 0) is 10.0 Å². The molecule has 1 atom stereocenters. The van der Waals surface area contributed by atoms with E-state index in [9.17, 15) is 13.2 Å². The number of rotatable bonds is 5. The molecule has 2 aromatic heterocycles. The number of aromatic amines is 1. The number of H-pyrrole nitrogens is 1. The largest absolute Gasteiger partial charge is 0.477 e. The highest BCUT2D eigenvalue weighted by atomic mass is 32.2. The van der Waals surface area contributed by atoms with Crippen molar-refractivity contribution in [1.29, 1.82) is 0 Å². The first-order chi connectivity index (χ1) is 13.0. The van der Waals surface area contributed by atoms with Crippen LogP contribution in [0, 0.1) is 0 Å². The van der Waals surface area contributed by atoms with Crippen LogP contribution >= 0.6 is 0 Å². The second kappa shape index (κ2) is 6.67. The molecule has 1 fully saturated rings. The predicted octanol–water partition coefficient (Wildman–Crippen LogP) is 0.762. The topological polar surface area (TPSA) is 128 Å². The summed E-state index contributed by atoms with van der Waals surface area (Å²) in [5.41, 5.74) is 0.633. The Balaban J connectivity index is 1.53. The smallest absolute Gasteiger partial charge is 0.417 e. The van der Waals surface area contributed by atoms with Gasteiger partial charge in [-0.05, 0) is 24.6 Å². The Labute approximate surface area is 153 Å². The Kier molecular flexibility index (Phi) is 4.32. The summed E-state index contributed by atoms with van der Waals surface area (Å²) in [6.45, 7) is 0.470. The molecule has 142 valence electrons. The predicted molar refractivity (Wildman–Crippen MR) is 93.2 cm³/mol. The van der Waals surface area contributed by atoms with Gasteiger partial charge in [0.05, 0.1) is 24.1 Å². The number of fused-ring (bicyclic) bond motifs is 1. The van der Waals surface area contributed by atoms with Crippen LogP contribution in [-0.4, -0.2) is 54.0 Å². The molecule has 1 saturated heterocycles. The summed E-state index contributed by atoms with van der Waals surface area (Å²) in [4.78, 5) is 21.9. The fraction of sp³-hybridized carbons (Fsp3) is 0.312. The standard InChI is InChI=1S/C16H16N4O6S/c1-24-14-15(18-6-5-17-14)25-10-4-7-20(9-10)27(22,23)11-2-3-13-12(8-11)19-16(21)26-13/h2-3,5-6,8,10H,4,7,9H2,1H3,(H,19,21)/t10-/m1/s1. The molecular formula is C16H16N4O6S. The molecule has 1 aliphatic rings. The zero-order chi connectivity index (χ0) is 19.0. The molecule has 0 radical (unpaired) electrons. The van der Waals surface area contributed by atoms with E-state index in [1.165, 1.54) is 42.0 Å². The summed E-state index contributed by atoms with van der Waals surface area (Å²) in [6, 6.07) is 4.25. The van der Waals surface area contributed by atoms with Crippen LogP contribution in [0.1, 0.15) is 6.42 Å². The molecule has 1 aromatic carbocycles. The SMILES string of the molecule is COc1nccnc1O[C@@H]1CCN(S(=O)(=O)c2ccc3oc(=O)[nH]c3c2)C1. The monoisotopic (exact) mass is 392 g/mol. The third-order valence-electron chi connectivity index (χ3n) is 4.24. The van der Waals surface area contributed by atoms with Crippen molar-refractivity contribution in [2.75, 3.05) is 20.2 Å². The number of aromatic nitrogens is 3. The van der Waals surface area contributed by atoms with Crippen molar-refractivity contribution in [3.63, 3.8) is 0 Å². The van der Waals surface area contributed by atoms with Gasteiger partial charge in [-0.15, -0.1) is 0 Å². The van der Waals surface area contributed by atoms with Crippen LogP contribution in [0.2, 0.25) is 0 Å². The van der Waals surface area contributed by atoms with Crippen LogP contribution in [0.25, 0.3) is 11.1 Å². The van der Waals surface area contributed by atoms with Gasteiger partial charge in [0.2, 0.25) is 10.0 Å². The molecule has 0 saturated carbocycles. The fourth-order valence-corrected chi connectivity index (χ4v) is 4.46. The highest BCUT2D eigenvalue weighted by molar-refractivity contribution is 7.89. The minimum absolute atomic E-state index is 0.0739. The first-order valence-electron chi connectivity index (χ1n) is 8.12. The second-order valence-electron chi connectivity index (χ2n) is 5.93. The lowest BCUT2D eigenvalue weighted by Crippen LogP contribution is -2.31. The van der Waals surface area contributed by atoms with E-state index in [2.05, 4.69) is 15.0 Å². The average molecular weight is 392 g/mol. The molecule has 27 heavy (non-hydrogen) atoms. The van der Waals surface area contributed by atoms with Crippen LogP contribution in [0.4, 0.5) is 0 Å². The van der Waals surface area contributed by atoms with Gasteiger partial charge in [-0.25, -0.2) is 23.2 Å². The van der Waals surface area contributed by atoms with E-state index in [0.717, 1.165) is 0 Å². The number of benzene rings is 1. The van der Waals surface area contributed by atoms with Gasteiger partial charge >= 0.3 is 5.76 Å². The zero-order valence-corrected chi connectivity index (χ0v) is 15.1. The molecule has 0 aliphatic carbocycles. The van der Waals surface area contributed by atoms with Gasteiger partial charge in [0.1, 0.15) is 6.10 Å². The Bertz CT molecular complexity index is 1140. The minimum Gasteiger partial charge on any atom is -0.477 e. The van der Waals surface area contributed by atoms with Crippen molar-refractivity contribution in [2.24, 2.45) is 0 Å². The van der Waals surface area contributed by atoms with Crippen molar-refractivity contribution in [1.82, 2.24) is 19.3 Å². The number of methoxy groups -OCH3 is 1. The van der Waals surface area contributed by atoms with Crippen molar-refractivity contribution >= 4 is 21.1 Å². The van der Waals surface area contributed by atoms with Crippen LogP contribution < -0.4 is 15.2 Å². The van der Waals surface area contributed by atoms with Gasteiger partial charge in [-0.2, -0.15) is 4.31 Å². The summed E-state index contributed by atoms with van der Waals surface area (Å²) < 4.78 is 42.9. The lowest BCUT2D eigenvalue weighted by Gasteiger charge is -2.17. The maximum atomic E-state index is 12.9. The fourth-order valence-electron chi connectivity index (χ4n) is 2.94. The summed E-state index contributed by atoms with van der Waals surface area (Å²) in [7, 11) is -2.28. The highest BCUT2D eigenvalue weighted by Gasteiger charge is 2.34. The van der Waals surface area contributed by atoms with Gasteiger partial charge in [0.25, 0.3) is 11.8 Å². The van der Waals surface area contributed by atoms with E-state index in [-0.39, 0.29) is 29.3 Å². The molecule has 1 aliphatic heterocycles. The van der Waals surface area contributed by atoms with Gasteiger partial charge in [0, 0.05) is 18.9 Å².